The van der Waals surface area contributed by atoms with Gasteiger partial charge in [-0.1, -0.05) is 36.4 Å². The minimum Gasteiger partial charge on any atom is -0.504 e. The Balaban J connectivity index is 2.31. The summed E-state index contributed by atoms with van der Waals surface area (Å²) in [5, 5.41) is 10.9. The molecule has 0 heterocycles. The number of rotatable bonds is 4. The Morgan fingerprint density at radius 2 is 1.95 bits per heavy atom. The molecule has 4 nitrogen and oxygen atoms in total. The van der Waals surface area contributed by atoms with E-state index in [1.807, 2.05) is 36.4 Å². The van der Waals surface area contributed by atoms with E-state index in [4.69, 9.17) is 14.6 Å². The molecule has 19 heavy (non-hydrogen) atoms. The van der Waals surface area contributed by atoms with Gasteiger partial charge in [-0.2, -0.15) is 0 Å². The molecule has 0 fully saturated rings. The summed E-state index contributed by atoms with van der Waals surface area (Å²) in [5.74, 6) is -0.167. The summed E-state index contributed by atoms with van der Waals surface area (Å²) < 4.78 is 10.0. The van der Waals surface area contributed by atoms with Crippen LogP contribution in [-0.4, -0.2) is 24.8 Å². The maximum absolute atomic E-state index is 11.8. The van der Waals surface area contributed by atoms with Crippen LogP contribution in [0.1, 0.15) is 0 Å². The van der Waals surface area contributed by atoms with E-state index in [1.54, 1.807) is 6.07 Å². The van der Waals surface area contributed by atoms with Crippen LogP contribution >= 0.6 is 0 Å². The molecule has 98 valence electrons. The van der Waals surface area contributed by atoms with Crippen molar-refractivity contribution in [2.24, 2.45) is 0 Å². The fraction of sp³-hybridized carbons (Fsp3) is 0.133. The molecule has 2 rings (SSSR count). The summed E-state index contributed by atoms with van der Waals surface area (Å²) in [5.41, 5.74) is 0.0652. The number of fused-ring (bicyclic) bond motifs is 1. The van der Waals surface area contributed by atoms with Crippen LogP contribution in [0, 0.1) is 0 Å². The summed E-state index contributed by atoms with van der Waals surface area (Å²) in [6.07, 6.45) is 1.17. The summed E-state index contributed by atoms with van der Waals surface area (Å²) in [6, 6.07) is 13.0. The van der Waals surface area contributed by atoms with E-state index in [0.717, 1.165) is 10.8 Å². The van der Waals surface area contributed by atoms with E-state index in [-0.39, 0.29) is 5.57 Å². The lowest BCUT2D eigenvalue weighted by atomic mass is 10.1. The van der Waals surface area contributed by atoms with Crippen molar-refractivity contribution in [3.05, 3.63) is 54.3 Å². The Bertz CT molecular complexity index is 611. The van der Waals surface area contributed by atoms with Crippen molar-refractivity contribution < 1.29 is 19.4 Å². The quantitative estimate of drug-likeness (QED) is 0.395. The number of methoxy groups -OCH3 is 1. The number of carbonyl (C=O) groups excluding carboxylic acids is 1. The summed E-state index contributed by atoms with van der Waals surface area (Å²) in [6.45, 7) is -0.433. The molecule has 0 amide bonds. The van der Waals surface area contributed by atoms with Gasteiger partial charge in [-0.15, -0.1) is 0 Å². The molecule has 0 aromatic heterocycles. The van der Waals surface area contributed by atoms with Crippen LogP contribution in [0.3, 0.4) is 0 Å². The molecule has 1 N–H and O–H groups in total. The van der Waals surface area contributed by atoms with Gasteiger partial charge in [0, 0.05) is 5.39 Å². The average molecular weight is 258 g/mol. The van der Waals surface area contributed by atoms with E-state index in [0.29, 0.717) is 5.75 Å². The lowest BCUT2D eigenvalue weighted by Gasteiger charge is -2.08. The zero-order valence-corrected chi connectivity index (χ0v) is 10.5. The summed E-state index contributed by atoms with van der Waals surface area (Å²) >= 11 is 0. The third-order valence-electron chi connectivity index (χ3n) is 2.64. The number of carbonyl (C=O) groups is 1. The SMILES string of the molecule is CO/C=C(\CO)C(=O)Oc1cccc2ccccc12. The molecule has 0 unspecified atom stereocenters. The van der Waals surface area contributed by atoms with E-state index in [2.05, 4.69) is 0 Å². The Hall–Kier alpha value is -2.33. The smallest absolute Gasteiger partial charge is 0.344 e. The van der Waals surface area contributed by atoms with Gasteiger partial charge in [0.1, 0.15) is 5.75 Å². The molecule has 0 aliphatic heterocycles. The van der Waals surface area contributed by atoms with Gasteiger partial charge < -0.3 is 14.6 Å². The largest absolute Gasteiger partial charge is 0.504 e. The second-order valence-corrected chi connectivity index (χ2v) is 3.90. The van der Waals surface area contributed by atoms with Crippen molar-refractivity contribution in [2.45, 2.75) is 0 Å². The van der Waals surface area contributed by atoms with Gasteiger partial charge in [0.05, 0.1) is 25.6 Å². The Morgan fingerprint density at radius 3 is 2.68 bits per heavy atom. The standard InChI is InChI=1S/C15H14O4/c1-18-10-12(9-16)15(17)19-14-8-4-6-11-5-2-3-7-13(11)14/h2-8,10,16H,9H2,1H3/b12-10+. The van der Waals surface area contributed by atoms with Crippen molar-refractivity contribution in [1.82, 2.24) is 0 Å². The lowest BCUT2D eigenvalue weighted by Crippen LogP contribution is -2.14. The minimum absolute atomic E-state index is 0.0652. The normalized spacial score (nSPS) is 11.4. The predicted molar refractivity (Wildman–Crippen MR) is 71.8 cm³/mol. The number of aliphatic hydroxyl groups excluding tert-OH is 1. The number of ether oxygens (including phenoxy) is 2. The summed E-state index contributed by atoms with van der Waals surface area (Å²) in [4.78, 5) is 11.8. The maximum Gasteiger partial charge on any atom is 0.344 e. The van der Waals surface area contributed by atoms with Crippen molar-refractivity contribution in [3.63, 3.8) is 0 Å². The molecule has 0 aliphatic rings. The van der Waals surface area contributed by atoms with Crippen LogP contribution in [0.15, 0.2) is 54.3 Å². The van der Waals surface area contributed by atoms with Crippen molar-refractivity contribution >= 4 is 16.7 Å². The van der Waals surface area contributed by atoms with Crippen LogP contribution in [0.4, 0.5) is 0 Å². The van der Waals surface area contributed by atoms with Crippen molar-refractivity contribution in [2.75, 3.05) is 13.7 Å². The number of benzene rings is 2. The zero-order valence-electron chi connectivity index (χ0n) is 10.5. The van der Waals surface area contributed by atoms with Gasteiger partial charge in [-0.25, -0.2) is 4.79 Å². The molecule has 0 radical (unpaired) electrons. The molecular formula is C15H14O4. The number of aliphatic hydroxyl groups is 1. The molecule has 0 atom stereocenters. The third-order valence-corrected chi connectivity index (χ3v) is 2.64. The van der Waals surface area contributed by atoms with E-state index < -0.39 is 12.6 Å². The highest BCUT2D eigenvalue weighted by molar-refractivity contribution is 5.95. The second kappa shape index (κ2) is 6.02. The first-order valence-electron chi connectivity index (χ1n) is 5.79. The Morgan fingerprint density at radius 1 is 1.21 bits per heavy atom. The molecule has 0 bridgehead atoms. The van der Waals surface area contributed by atoms with Crippen molar-refractivity contribution in [3.8, 4) is 5.75 Å². The second-order valence-electron chi connectivity index (χ2n) is 3.90. The molecule has 2 aromatic rings. The fourth-order valence-corrected chi connectivity index (χ4v) is 1.74. The highest BCUT2D eigenvalue weighted by Gasteiger charge is 2.13. The predicted octanol–water partition coefficient (Wildman–Crippen LogP) is 2.27. The average Bonchev–Trinajstić information content (AvgIpc) is 2.45. The van der Waals surface area contributed by atoms with Crippen LogP contribution in [0.5, 0.6) is 5.75 Å². The van der Waals surface area contributed by atoms with Crippen LogP contribution in [0.2, 0.25) is 0 Å². The number of esters is 1. The zero-order chi connectivity index (χ0) is 13.7. The van der Waals surface area contributed by atoms with E-state index >= 15 is 0 Å². The molecule has 0 saturated carbocycles. The maximum atomic E-state index is 11.8. The third kappa shape index (κ3) is 2.92. The topological polar surface area (TPSA) is 55.8 Å². The van der Waals surface area contributed by atoms with Gasteiger partial charge in [-0.05, 0) is 11.5 Å². The fourth-order valence-electron chi connectivity index (χ4n) is 1.74. The van der Waals surface area contributed by atoms with Crippen LogP contribution in [-0.2, 0) is 9.53 Å². The molecular weight excluding hydrogens is 244 g/mol. The van der Waals surface area contributed by atoms with Gasteiger partial charge in [0.2, 0.25) is 0 Å². The molecule has 2 aromatic carbocycles. The molecule has 0 saturated heterocycles. The first-order valence-corrected chi connectivity index (χ1v) is 5.79. The number of hydrogen-bond donors (Lipinski definition) is 1. The van der Waals surface area contributed by atoms with Gasteiger partial charge in [-0.3, -0.25) is 0 Å². The van der Waals surface area contributed by atoms with E-state index in [9.17, 15) is 4.79 Å². The molecule has 0 spiro atoms. The Labute approximate surface area is 110 Å². The van der Waals surface area contributed by atoms with Gasteiger partial charge in [0.15, 0.2) is 0 Å². The van der Waals surface area contributed by atoms with E-state index in [1.165, 1.54) is 13.4 Å². The monoisotopic (exact) mass is 258 g/mol. The highest BCUT2D eigenvalue weighted by atomic mass is 16.5. The summed E-state index contributed by atoms with van der Waals surface area (Å²) in [7, 11) is 1.40. The van der Waals surface area contributed by atoms with Gasteiger partial charge >= 0.3 is 5.97 Å². The lowest BCUT2D eigenvalue weighted by molar-refractivity contribution is -0.130. The first-order chi connectivity index (χ1) is 9.26. The van der Waals surface area contributed by atoms with Crippen LogP contribution in [0.25, 0.3) is 10.8 Å². The number of hydrogen-bond acceptors (Lipinski definition) is 4. The van der Waals surface area contributed by atoms with Gasteiger partial charge in [0.25, 0.3) is 0 Å². The van der Waals surface area contributed by atoms with Crippen LogP contribution < -0.4 is 4.74 Å². The van der Waals surface area contributed by atoms with Crippen molar-refractivity contribution in [1.29, 1.82) is 0 Å². The minimum atomic E-state index is -0.624. The highest BCUT2D eigenvalue weighted by Crippen LogP contribution is 2.25. The molecule has 0 aliphatic carbocycles. The Kier molecular flexibility index (Phi) is 4.15. The molecule has 4 heteroatoms. The first kappa shape index (κ1) is 13.1.